The van der Waals surface area contributed by atoms with Crippen molar-refractivity contribution in [2.45, 2.75) is 44.4 Å². The number of carbonyl (C=O) groups excluding carboxylic acids is 1. The van der Waals surface area contributed by atoms with Crippen LogP contribution >= 0.6 is 0 Å². The number of pyridine rings is 1. The van der Waals surface area contributed by atoms with Crippen LogP contribution in [0.2, 0.25) is 0 Å². The van der Waals surface area contributed by atoms with E-state index in [1.165, 1.54) is 18.1 Å². The van der Waals surface area contributed by atoms with E-state index in [0.717, 1.165) is 12.8 Å². The fraction of sp³-hybridized carbons (Fsp3) is 0.423. The van der Waals surface area contributed by atoms with Gasteiger partial charge in [0.2, 0.25) is 0 Å². The Balaban J connectivity index is 1.47. The second-order valence-corrected chi connectivity index (χ2v) is 9.59. The highest BCUT2D eigenvalue weighted by molar-refractivity contribution is 6.01. The standard InChI is InChI=1S/C26H28F2N4O6/c1-37-19-9-16(10-20(38-25(27)28)22(19)24(34)30-17-4-5-17)18-12-29-21-11-14(6-8-32(18)21)23(33)15-3-2-7-31(13-15)26(35)36/h6,8-12,15,17,23,25,33H,2-5,7,13H2,1H3,(H,30,34)(H,35,36)/t15-,23?/m1/s1. The number of ether oxygens (including phenoxy) is 2. The van der Waals surface area contributed by atoms with Gasteiger partial charge in [-0.25, -0.2) is 9.78 Å². The molecule has 2 fully saturated rings. The summed E-state index contributed by atoms with van der Waals surface area (Å²) in [6, 6.07) is 6.35. The van der Waals surface area contributed by atoms with Crippen molar-refractivity contribution in [3.8, 4) is 22.8 Å². The highest BCUT2D eigenvalue weighted by atomic mass is 19.3. The summed E-state index contributed by atoms with van der Waals surface area (Å²) >= 11 is 0. The molecule has 38 heavy (non-hydrogen) atoms. The van der Waals surface area contributed by atoms with Gasteiger partial charge in [0.15, 0.2) is 0 Å². The number of rotatable bonds is 8. The van der Waals surface area contributed by atoms with Gasteiger partial charge in [-0.2, -0.15) is 8.78 Å². The van der Waals surface area contributed by atoms with Crippen LogP contribution in [0.15, 0.2) is 36.7 Å². The number of hydrogen-bond donors (Lipinski definition) is 3. The van der Waals surface area contributed by atoms with Crippen molar-refractivity contribution < 1.29 is 38.1 Å². The number of hydrogen-bond acceptors (Lipinski definition) is 6. The zero-order chi connectivity index (χ0) is 27.0. The summed E-state index contributed by atoms with van der Waals surface area (Å²) < 4.78 is 38.4. The number of piperidine rings is 1. The number of aliphatic hydroxyl groups is 1. The lowest BCUT2D eigenvalue weighted by Gasteiger charge is -2.33. The molecular formula is C26H28F2N4O6. The van der Waals surface area contributed by atoms with Crippen LogP contribution in [-0.2, 0) is 0 Å². The zero-order valence-corrected chi connectivity index (χ0v) is 20.6. The van der Waals surface area contributed by atoms with E-state index in [1.807, 2.05) is 0 Å². The first-order valence-corrected chi connectivity index (χ1v) is 12.4. The number of methoxy groups -OCH3 is 1. The molecule has 1 saturated heterocycles. The monoisotopic (exact) mass is 530 g/mol. The minimum Gasteiger partial charge on any atom is -0.496 e. The third kappa shape index (κ3) is 5.21. The third-order valence-corrected chi connectivity index (χ3v) is 6.99. The average molecular weight is 531 g/mol. The summed E-state index contributed by atoms with van der Waals surface area (Å²) in [5.74, 6) is -1.02. The molecule has 0 radical (unpaired) electrons. The Bertz CT molecular complexity index is 1360. The van der Waals surface area contributed by atoms with E-state index >= 15 is 0 Å². The van der Waals surface area contributed by atoms with Gasteiger partial charge >= 0.3 is 12.7 Å². The van der Waals surface area contributed by atoms with Gasteiger partial charge in [0.25, 0.3) is 5.91 Å². The summed E-state index contributed by atoms with van der Waals surface area (Å²) in [6.07, 6.45) is 4.38. The van der Waals surface area contributed by atoms with Gasteiger partial charge < -0.3 is 29.9 Å². The molecule has 0 bridgehead atoms. The van der Waals surface area contributed by atoms with Crippen molar-refractivity contribution in [3.63, 3.8) is 0 Å². The molecule has 5 rings (SSSR count). The number of alkyl halides is 2. The maximum atomic E-state index is 13.3. The Hall–Kier alpha value is -3.93. The van der Waals surface area contributed by atoms with Gasteiger partial charge in [0.1, 0.15) is 22.7 Å². The Morgan fingerprint density at radius 2 is 1.95 bits per heavy atom. The van der Waals surface area contributed by atoms with Gasteiger partial charge in [-0.15, -0.1) is 0 Å². The van der Waals surface area contributed by atoms with Crippen LogP contribution in [0.4, 0.5) is 13.6 Å². The number of carbonyl (C=O) groups is 2. The fourth-order valence-electron chi connectivity index (χ4n) is 4.90. The number of fused-ring (bicyclic) bond motifs is 1. The summed E-state index contributed by atoms with van der Waals surface area (Å²) in [4.78, 5) is 29.9. The van der Waals surface area contributed by atoms with Crippen LogP contribution in [-0.4, -0.2) is 69.4 Å². The third-order valence-electron chi connectivity index (χ3n) is 6.99. The molecule has 1 aliphatic carbocycles. The summed E-state index contributed by atoms with van der Waals surface area (Å²) in [5.41, 5.74) is 1.95. The van der Waals surface area contributed by atoms with Crippen molar-refractivity contribution >= 4 is 17.6 Å². The largest absolute Gasteiger partial charge is 0.496 e. The highest BCUT2D eigenvalue weighted by Crippen LogP contribution is 2.37. The zero-order valence-electron chi connectivity index (χ0n) is 20.6. The van der Waals surface area contributed by atoms with Crippen LogP contribution in [0.25, 0.3) is 16.9 Å². The predicted octanol–water partition coefficient (Wildman–Crippen LogP) is 3.93. The van der Waals surface area contributed by atoms with Crippen LogP contribution in [0.3, 0.4) is 0 Å². The van der Waals surface area contributed by atoms with Crippen LogP contribution in [0.5, 0.6) is 11.5 Å². The number of halogens is 2. The van der Waals surface area contributed by atoms with E-state index in [-0.39, 0.29) is 35.6 Å². The molecule has 0 spiro atoms. The van der Waals surface area contributed by atoms with E-state index in [2.05, 4.69) is 10.3 Å². The van der Waals surface area contributed by atoms with E-state index in [0.29, 0.717) is 41.9 Å². The smallest absolute Gasteiger partial charge is 0.407 e. The first kappa shape index (κ1) is 25.7. The van der Waals surface area contributed by atoms with Crippen molar-refractivity contribution in [2.24, 2.45) is 5.92 Å². The molecule has 2 atom stereocenters. The summed E-state index contributed by atoms with van der Waals surface area (Å²) in [7, 11) is 1.35. The van der Waals surface area contributed by atoms with Crippen molar-refractivity contribution in [3.05, 3.63) is 47.8 Å². The molecule has 1 saturated carbocycles. The molecule has 10 nitrogen and oxygen atoms in total. The van der Waals surface area contributed by atoms with Gasteiger partial charge in [0, 0.05) is 36.8 Å². The Labute approximate surface area is 216 Å². The van der Waals surface area contributed by atoms with E-state index in [9.17, 15) is 28.6 Å². The second kappa shape index (κ2) is 10.4. The number of aliphatic hydroxyl groups excluding tert-OH is 1. The number of likely N-dealkylation sites (tertiary alicyclic amines) is 1. The lowest BCUT2D eigenvalue weighted by atomic mass is 9.89. The summed E-state index contributed by atoms with van der Waals surface area (Å²) in [6.45, 7) is -2.46. The molecule has 2 aromatic heterocycles. The minimum atomic E-state index is -3.15. The molecule has 2 amide bonds. The number of benzene rings is 1. The molecule has 1 aliphatic heterocycles. The van der Waals surface area contributed by atoms with E-state index in [1.54, 1.807) is 35.0 Å². The van der Waals surface area contributed by atoms with Crippen LogP contribution in [0, 0.1) is 5.92 Å². The number of carboxylic acid groups (broad SMARTS) is 1. The molecule has 3 aromatic rings. The molecule has 1 unspecified atom stereocenters. The molecule has 12 heteroatoms. The normalized spacial score (nSPS) is 18.4. The number of nitrogens with zero attached hydrogens (tertiary/aromatic N) is 3. The molecular weight excluding hydrogens is 502 g/mol. The van der Waals surface area contributed by atoms with Crippen LogP contribution in [0.1, 0.15) is 47.7 Å². The van der Waals surface area contributed by atoms with Gasteiger partial charge in [0.05, 0.1) is 25.1 Å². The molecule has 2 aliphatic rings. The number of nitrogens with one attached hydrogen (secondary N) is 1. The number of imidazole rings is 1. The Morgan fingerprint density at radius 1 is 1.18 bits per heavy atom. The minimum absolute atomic E-state index is 0.00964. The average Bonchev–Trinajstić information content (AvgIpc) is 3.61. The maximum absolute atomic E-state index is 13.3. The Kier molecular flexibility index (Phi) is 7.06. The first-order chi connectivity index (χ1) is 18.2. The number of amides is 2. The topological polar surface area (TPSA) is 126 Å². The van der Waals surface area contributed by atoms with Gasteiger partial charge in [-0.3, -0.25) is 9.20 Å². The fourth-order valence-corrected chi connectivity index (χ4v) is 4.90. The van der Waals surface area contributed by atoms with Gasteiger partial charge in [-0.05, 0) is 55.5 Å². The van der Waals surface area contributed by atoms with Crippen LogP contribution < -0.4 is 14.8 Å². The second-order valence-electron chi connectivity index (χ2n) is 9.59. The SMILES string of the molecule is COc1cc(-c2cnc3cc(C(O)[C@@H]4CCCN(C(=O)O)C4)ccn23)cc(OC(F)F)c1C(=O)NC1CC1. The van der Waals surface area contributed by atoms with E-state index in [4.69, 9.17) is 9.47 Å². The molecule has 1 aromatic carbocycles. The van der Waals surface area contributed by atoms with Gasteiger partial charge in [-0.1, -0.05) is 0 Å². The van der Waals surface area contributed by atoms with Crippen molar-refractivity contribution in [1.82, 2.24) is 19.6 Å². The quantitative estimate of drug-likeness (QED) is 0.403. The molecule has 202 valence electrons. The highest BCUT2D eigenvalue weighted by Gasteiger charge is 2.31. The van der Waals surface area contributed by atoms with E-state index < -0.39 is 24.7 Å². The molecule has 3 N–H and O–H groups in total. The maximum Gasteiger partial charge on any atom is 0.407 e. The Morgan fingerprint density at radius 3 is 2.63 bits per heavy atom. The predicted molar refractivity (Wildman–Crippen MR) is 132 cm³/mol. The lowest BCUT2D eigenvalue weighted by Crippen LogP contribution is -2.40. The first-order valence-electron chi connectivity index (χ1n) is 12.4. The van der Waals surface area contributed by atoms with Crippen molar-refractivity contribution in [2.75, 3.05) is 20.2 Å². The number of aromatic nitrogens is 2. The lowest BCUT2D eigenvalue weighted by molar-refractivity contribution is -0.0502. The molecule has 3 heterocycles. The van der Waals surface area contributed by atoms with Crippen molar-refractivity contribution in [1.29, 1.82) is 0 Å². The summed E-state index contributed by atoms with van der Waals surface area (Å²) in [5, 5.41) is 23.0.